The van der Waals surface area contributed by atoms with Gasteiger partial charge >= 0.3 is 6.18 Å². The highest BCUT2D eigenvalue weighted by atomic mass is 19.4. The molecule has 116 valence electrons. The largest absolute Gasteiger partial charge is 0.416 e. The van der Waals surface area contributed by atoms with Crippen LogP contribution in [0.4, 0.5) is 19.0 Å². The van der Waals surface area contributed by atoms with Crippen molar-refractivity contribution in [3.63, 3.8) is 0 Å². The second-order valence-corrected chi connectivity index (χ2v) is 5.34. The highest BCUT2D eigenvalue weighted by Crippen LogP contribution is 2.29. The topological polar surface area (TPSA) is 55.0 Å². The van der Waals surface area contributed by atoms with E-state index in [0.717, 1.165) is 41.9 Å². The van der Waals surface area contributed by atoms with E-state index in [0.29, 0.717) is 18.9 Å². The van der Waals surface area contributed by atoms with Crippen LogP contribution in [0.15, 0.2) is 30.6 Å². The van der Waals surface area contributed by atoms with Gasteiger partial charge in [-0.25, -0.2) is 9.97 Å². The summed E-state index contributed by atoms with van der Waals surface area (Å²) in [5.74, 6) is 0.513. The van der Waals surface area contributed by atoms with Crippen LogP contribution in [0, 0.1) is 0 Å². The summed E-state index contributed by atoms with van der Waals surface area (Å²) in [6.45, 7) is 2.00. The molecule has 0 atom stereocenters. The van der Waals surface area contributed by atoms with E-state index in [-0.39, 0.29) is 0 Å². The fraction of sp³-hybridized carbons (Fsp3) is 0.333. The number of hydrogen-bond acceptors (Lipinski definition) is 4. The van der Waals surface area contributed by atoms with Gasteiger partial charge in [0, 0.05) is 25.2 Å². The Morgan fingerprint density at radius 1 is 1.14 bits per heavy atom. The number of nitrogens with zero attached hydrogens (tertiary/aromatic N) is 3. The van der Waals surface area contributed by atoms with Crippen LogP contribution in [-0.4, -0.2) is 21.4 Å². The van der Waals surface area contributed by atoms with Crippen LogP contribution in [-0.2, 0) is 25.7 Å². The molecule has 1 aliphatic rings. The molecule has 0 fully saturated rings. The number of nitrogen functional groups attached to an aromatic ring is 1. The fourth-order valence-corrected chi connectivity index (χ4v) is 2.63. The monoisotopic (exact) mass is 308 g/mol. The van der Waals surface area contributed by atoms with Gasteiger partial charge in [-0.3, -0.25) is 4.90 Å². The third-order valence-electron chi connectivity index (χ3n) is 3.81. The molecule has 0 unspecified atom stereocenters. The summed E-state index contributed by atoms with van der Waals surface area (Å²) in [4.78, 5) is 10.3. The zero-order valence-electron chi connectivity index (χ0n) is 11.8. The van der Waals surface area contributed by atoms with Crippen molar-refractivity contribution in [2.45, 2.75) is 25.7 Å². The SMILES string of the molecule is Nc1ncnc2c1CCN(Cc1ccc(C(F)(F)F)cc1)C2. The van der Waals surface area contributed by atoms with E-state index in [4.69, 9.17) is 5.73 Å². The maximum Gasteiger partial charge on any atom is 0.416 e. The van der Waals surface area contributed by atoms with Crippen LogP contribution in [0.3, 0.4) is 0 Å². The van der Waals surface area contributed by atoms with Crippen molar-refractivity contribution in [3.8, 4) is 0 Å². The predicted molar refractivity (Wildman–Crippen MR) is 75.7 cm³/mol. The number of benzene rings is 1. The van der Waals surface area contributed by atoms with Gasteiger partial charge in [0.2, 0.25) is 0 Å². The maximum atomic E-state index is 12.5. The average molecular weight is 308 g/mol. The standard InChI is InChI=1S/C15H15F3N4/c16-15(17,18)11-3-1-10(2-4-11)7-22-6-5-12-13(8-22)20-9-21-14(12)19/h1-4,9H,5-8H2,(H2,19,20,21). The number of hydrogen-bond donors (Lipinski definition) is 1. The first kappa shape index (κ1) is 14.8. The number of aromatic nitrogens is 2. The summed E-state index contributed by atoms with van der Waals surface area (Å²) in [6, 6.07) is 5.28. The Kier molecular flexibility index (Phi) is 3.74. The van der Waals surface area contributed by atoms with Crippen LogP contribution in [0.25, 0.3) is 0 Å². The summed E-state index contributed by atoms with van der Waals surface area (Å²) in [7, 11) is 0. The molecule has 0 radical (unpaired) electrons. The van der Waals surface area contributed by atoms with Crippen molar-refractivity contribution < 1.29 is 13.2 Å². The second-order valence-electron chi connectivity index (χ2n) is 5.34. The van der Waals surface area contributed by atoms with Gasteiger partial charge in [-0.2, -0.15) is 13.2 Å². The molecule has 1 aromatic heterocycles. The molecule has 1 aromatic carbocycles. The number of fused-ring (bicyclic) bond motifs is 1. The van der Waals surface area contributed by atoms with Gasteiger partial charge < -0.3 is 5.73 Å². The van der Waals surface area contributed by atoms with Gasteiger partial charge in [-0.15, -0.1) is 0 Å². The molecular formula is C15H15F3N4. The van der Waals surface area contributed by atoms with Crippen molar-refractivity contribution in [3.05, 3.63) is 53.0 Å². The number of anilines is 1. The van der Waals surface area contributed by atoms with Crippen LogP contribution in [0.2, 0.25) is 0 Å². The van der Waals surface area contributed by atoms with Crippen molar-refractivity contribution in [2.24, 2.45) is 0 Å². The lowest BCUT2D eigenvalue weighted by Crippen LogP contribution is -2.31. The lowest BCUT2D eigenvalue weighted by Gasteiger charge is -2.28. The molecule has 0 aliphatic carbocycles. The zero-order valence-corrected chi connectivity index (χ0v) is 11.8. The molecule has 1 aliphatic heterocycles. The first-order valence-corrected chi connectivity index (χ1v) is 6.90. The Hall–Kier alpha value is -2.15. The van der Waals surface area contributed by atoms with Crippen molar-refractivity contribution in [1.82, 2.24) is 14.9 Å². The summed E-state index contributed by atoms with van der Waals surface area (Å²) in [5, 5.41) is 0. The van der Waals surface area contributed by atoms with Crippen molar-refractivity contribution in [1.29, 1.82) is 0 Å². The third kappa shape index (κ3) is 3.04. The molecule has 22 heavy (non-hydrogen) atoms. The molecule has 0 saturated carbocycles. The molecule has 0 bridgehead atoms. The summed E-state index contributed by atoms with van der Waals surface area (Å²) in [5.41, 5.74) is 7.91. The van der Waals surface area contributed by atoms with Gasteiger partial charge in [0.25, 0.3) is 0 Å². The van der Waals surface area contributed by atoms with Crippen molar-refractivity contribution in [2.75, 3.05) is 12.3 Å². The Bertz CT molecular complexity index is 667. The summed E-state index contributed by atoms with van der Waals surface area (Å²) >= 11 is 0. The van der Waals surface area contributed by atoms with Crippen molar-refractivity contribution >= 4 is 5.82 Å². The van der Waals surface area contributed by atoms with Gasteiger partial charge in [0.05, 0.1) is 11.3 Å². The molecule has 0 amide bonds. The number of alkyl halides is 3. The smallest absolute Gasteiger partial charge is 0.383 e. The Morgan fingerprint density at radius 3 is 2.55 bits per heavy atom. The van der Waals surface area contributed by atoms with E-state index < -0.39 is 11.7 Å². The highest BCUT2D eigenvalue weighted by molar-refractivity contribution is 5.42. The van der Waals surface area contributed by atoms with E-state index in [1.807, 2.05) is 0 Å². The third-order valence-corrected chi connectivity index (χ3v) is 3.81. The molecule has 0 spiro atoms. The number of rotatable bonds is 2. The quantitative estimate of drug-likeness (QED) is 0.926. The molecular weight excluding hydrogens is 293 g/mol. The first-order chi connectivity index (χ1) is 10.4. The van der Waals surface area contributed by atoms with Gasteiger partial charge in [-0.1, -0.05) is 12.1 Å². The van der Waals surface area contributed by atoms with Crippen LogP contribution in [0.1, 0.15) is 22.4 Å². The zero-order chi connectivity index (χ0) is 15.7. The Labute approximate surface area is 125 Å². The average Bonchev–Trinajstić information content (AvgIpc) is 2.47. The van der Waals surface area contributed by atoms with E-state index in [1.54, 1.807) is 0 Å². The van der Waals surface area contributed by atoms with E-state index >= 15 is 0 Å². The molecule has 0 saturated heterocycles. The highest BCUT2D eigenvalue weighted by Gasteiger charge is 2.30. The molecule has 4 nitrogen and oxygen atoms in total. The minimum Gasteiger partial charge on any atom is -0.383 e. The Balaban J connectivity index is 1.70. The summed E-state index contributed by atoms with van der Waals surface area (Å²) < 4.78 is 37.6. The van der Waals surface area contributed by atoms with E-state index in [2.05, 4.69) is 14.9 Å². The molecule has 2 aromatic rings. The number of halogens is 3. The van der Waals surface area contributed by atoms with Crippen LogP contribution < -0.4 is 5.73 Å². The molecule has 2 heterocycles. The first-order valence-electron chi connectivity index (χ1n) is 6.90. The lowest BCUT2D eigenvalue weighted by molar-refractivity contribution is -0.137. The predicted octanol–water partition coefficient (Wildman–Crippen LogP) is 2.64. The second kappa shape index (κ2) is 5.57. The molecule has 7 heteroatoms. The van der Waals surface area contributed by atoms with Crippen LogP contribution in [0.5, 0.6) is 0 Å². The Morgan fingerprint density at radius 2 is 1.86 bits per heavy atom. The summed E-state index contributed by atoms with van der Waals surface area (Å²) in [6.07, 6.45) is -2.10. The maximum absolute atomic E-state index is 12.5. The van der Waals surface area contributed by atoms with E-state index in [1.165, 1.54) is 18.5 Å². The van der Waals surface area contributed by atoms with Gasteiger partial charge in [0.15, 0.2) is 0 Å². The fourth-order valence-electron chi connectivity index (χ4n) is 2.63. The lowest BCUT2D eigenvalue weighted by atomic mass is 10.0. The van der Waals surface area contributed by atoms with Gasteiger partial charge in [0.1, 0.15) is 12.1 Å². The minimum absolute atomic E-state index is 0.513. The van der Waals surface area contributed by atoms with E-state index in [9.17, 15) is 13.2 Å². The minimum atomic E-state index is -4.29. The van der Waals surface area contributed by atoms with Crippen LogP contribution >= 0.6 is 0 Å². The molecule has 2 N–H and O–H groups in total. The number of nitrogens with two attached hydrogens (primary N) is 1. The normalized spacial score (nSPS) is 15.6. The van der Waals surface area contributed by atoms with Gasteiger partial charge in [-0.05, 0) is 24.1 Å². The molecule has 3 rings (SSSR count).